The summed E-state index contributed by atoms with van der Waals surface area (Å²) in [7, 11) is 0. The van der Waals surface area contributed by atoms with E-state index in [1.807, 2.05) is 6.07 Å². The molecule has 1 N–H and O–H groups in total. The van der Waals surface area contributed by atoms with Crippen molar-refractivity contribution in [2.24, 2.45) is 0 Å². The second-order valence-electron chi connectivity index (χ2n) is 4.93. The lowest BCUT2D eigenvalue weighted by molar-refractivity contribution is 0.0964. The van der Waals surface area contributed by atoms with Crippen LogP contribution in [0.1, 0.15) is 39.3 Å². The van der Waals surface area contributed by atoms with Crippen LogP contribution in [0.2, 0.25) is 5.02 Å². The highest BCUT2D eigenvalue weighted by molar-refractivity contribution is 6.31. The van der Waals surface area contributed by atoms with Gasteiger partial charge in [-0.15, -0.1) is 0 Å². The molecule has 4 nitrogen and oxygen atoms in total. The predicted molar refractivity (Wildman–Crippen MR) is 82.4 cm³/mol. The van der Waals surface area contributed by atoms with Crippen molar-refractivity contribution < 1.29 is 9.47 Å². The van der Waals surface area contributed by atoms with Crippen molar-refractivity contribution in [2.45, 2.75) is 46.2 Å². The molecular formula is C15H25ClN2O2. The SMILES string of the molecule is CCCCOCCOc1ccc(Cl)c(CNC(C)C)n1. The molecule has 1 aromatic heterocycles. The molecule has 0 aromatic carbocycles. The van der Waals surface area contributed by atoms with E-state index in [2.05, 4.69) is 31.1 Å². The molecule has 0 bridgehead atoms. The van der Waals surface area contributed by atoms with E-state index >= 15 is 0 Å². The zero-order valence-corrected chi connectivity index (χ0v) is 13.4. The van der Waals surface area contributed by atoms with Crippen molar-refractivity contribution in [3.05, 3.63) is 22.8 Å². The summed E-state index contributed by atoms with van der Waals surface area (Å²) in [5.41, 5.74) is 0.810. The average molecular weight is 301 g/mol. The Kier molecular flexibility index (Phi) is 8.58. The van der Waals surface area contributed by atoms with Crippen LogP contribution in [0.3, 0.4) is 0 Å². The first-order valence-electron chi connectivity index (χ1n) is 7.22. The quantitative estimate of drug-likeness (QED) is 0.672. The van der Waals surface area contributed by atoms with Gasteiger partial charge in [0, 0.05) is 25.3 Å². The lowest BCUT2D eigenvalue weighted by Crippen LogP contribution is -2.22. The van der Waals surface area contributed by atoms with Gasteiger partial charge in [-0.05, 0) is 12.5 Å². The van der Waals surface area contributed by atoms with Crippen LogP contribution in [0.15, 0.2) is 12.1 Å². The van der Waals surface area contributed by atoms with Crippen LogP contribution in [-0.2, 0) is 11.3 Å². The number of ether oxygens (including phenoxy) is 2. The smallest absolute Gasteiger partial charge is 0.213 e. The van der Waals surface area contributed by atoms with Crippen LogP contribution >= 0.6 is 11.6 Å². The predicted octanol–water partition coefficient (Wildman–Crippen LogP) is 3.43. The van der Waals surface area contributed by atoms with Gasteiger partial charge in [0.25, 0.3) is 0 Å². The Morgan fingerprint density at radius 3 is 2.75 bits per heavy atom. The van der Waals surface area contributed by atoms with Gasteiger partial charge in [0.15, 0.2) is 0 Å². The van der Waals surface area contributed by atoms with Gasteiger partial charge in [0.05, 0.1) is 17.3 Å². The molecule has 0 aliphatic heterocycles. The number of halogens is 1. The fraction of sp³-hybridized carbons (Fsp3) is 0.667. The van der Waals surface area contributed by atoms with E-state index in [0.717, 1.165) is 25.1 Å². The van der Waals surface area contributed by atoms with E-state index < -0.39 is 0 Å². The Morgan fingerprint density at radius 1 is 1.25 bits per heavy atom. The summed E-state index contributed by atoms with van der Waals surface area (Å²) < 4.78 is 11.0. The molecule has 0 saturated carbocycles. The molecule has 0 aliphatic carbocycles. The molecule has 1 rings (SSSR count). The molecule has 0 saturated heterocycles. The van der Waals surface area contributed by atoms with Crippen LogP contribution in [0, 0.1) is 0 Å². The Labute approximate surface area is 126 Å². The monoisotopic (exact) mass is 300 g/mol. The fourth-order valence-electron chi connectivity index (χ4n) is 1.52. The number of nitrogens with zero attached hydrogens (tertiary/aromatic N) is 1. The van der Waals surface area contributed by atoms with Gasteiger partial charge in [-0.25, -0.2) is 4.98 Å². The van der Waals surface area contributed by atoms with E-state index in [1.54, 1.807) is 6.07 Å². The maximum atomic E-state index is 6.12. The fourth-order valence-corrected chi connectivity index (χ4v) is 1.70. The first kappa shape index (κ1) is 17.2. The Hall–Kier alpha value is -0.840. The maximum Gasteiger partial charge on any atom is 0.213 e. The summed E-state index contributed by atoms with van der Waals surface area (Å²) in [5, 5.41) is 3.95. The molecule has 1 heterocycles. The Bertz CT molecular complexity index is 386. The second-order valence-corrected chi connectivity index (χ2v) is 5.34. The maximum absolute atomic E-state index is 6.12. The minimum Gasteiger partial charge on any atom is -0.475 e. The standard InChI is InChI=1S/C15H25ClN2O2/c1-4-5-8-19-9-10-20-15-7-6-13(16)14(18-15)11-17-12(2)3/h6-7,12,17H,4-5,8-11H2,1-3H3. The molecule has 5 heteroatoms. The van der Waals surface area contributed by atoms with Crippen molar-refractivity contribution >= 4 is 11.6 Å². The van der Waals surface area contributed by atoms with E-state index in [1.165, 1.54) is 0 Å². The van der Waals surface area contributed by atoms with Gasteiger partial charge < -0.3 is 14.8 Å². The molecule has 0 fully saturated rings. The third kappa shape index (κ3) is 7.08. The lowest BCUT2D eigenvalue weighted by atomic mass is 10.3. The number of aromatic nitrogens is 1. The highest BCUT2D eigenvalue weighted by Crippen LogP contribution is 2.18. The normalized spacial score (nSPS) is 11.1. The Morgan fingerprint density at radius 2 is 2.05 bits per heavy atom. The highest BCUT2D eigenvalue weighted by atomic mass is 35.5. The highest BCUT2D eigenvalue weighted by Gasteiger charge is 2.05. The minimum atomic E-state index is 0.393. The lowest BCUT2D eigenvalue weighted by Gasteiger charge is -2.11. The van der Waals surface area contributed by atoms with E-state index in [-0.39, 0.29) is 0 Å². The molecular weight excluding hydrogens is 276 g/mol. The first-order valence-corrected chi connectivity index (χ1v) is 7.60. The minimum absolute atomic E-state index is 0.393. The van der Waals surface area contributed by atoms with Gasteiger partial charge >= 0.3 is 0 Å². The topological polar surface area (TPSA) is 43.4 Å². The van der Waals surface area contributed by atoms with Crippen LogP contribution < -0.4 is 10.1 Å². The van der Waals surface area contributed by atoms with Crippen LogP contribution in [0.5, 0.6) is 5.88 Å². The zero-order chi connectivity index (χ0) is 14.8. The van der Waals surface area contributed by atoms with Gasteiger partial charge in [-0.1, -0.05) is 38.8 Å². The summed E-state index contributed by atoms with van der Waals surface area (Å²) in [6.07, 6.45) is 2.23. The number of rotatable bonds is 10. The molecule has 0 spiro atoms. The number of nitrogens with one attached hydrogen (secondary N) is 1. The summed E-state index contributed by atoms with van der Waals surface area (Å²) in [6, 6.07) is 4.00. The van der Waals surface area contributed by atoms with Crippen LogP contribution in [-0.4, -0.2) is 30.8 Å². The molecule has 20 heavy (non-hydrogen) atoms. The summed E-state index contributed by atoms with van der Waals surface area (Å²) in [4.78, 5) is 4.41. The van der Waals surface area contributed by atoms with Gasteiger partial charge in [-0.3, -0.25) is 0 Å². The number of hydrogen-bond acceptors (Lipinski definition) is 4. The molecule has 1 aromatic rings. The van der Waals surface area contributed by atoms with Crippen molar-refractivity contribution in [2.75, 3.05) is 19.8 Å². The van der Waals surface area contributed by atoms with Crippen LogP contribution in [0.25, 0.3) is 0 Å². The number of pyridine rings is 1. The third-order valence-corrected chi connectivity index (χ3v) is 3.03. The number of hydrogen-bond donors (Lipinski definition) is 1. The van der Waals surface area contributed by atoms with Crippen molar-refractivity contribution in [1.82, 2.24) is 10.3 Å². The molecule has 0 atom stereocenters. The van der Waals surface area contributed by atoms with Crippen molar-refractivity contribution in [3.8, 4) is 5.88 Å². The molecule has 114 valence electrons. The van der Waals surface area contributed by atoms with Gasteiger partial charge in [0.1, 0.15) is 6.61 Å². The third-order valence-electron chi connectivity index (χ3n) is 2.69. The number of unbranched alkanes of at least 4 members (excludes halogenated alkanes) is 1. The van der Waals surface area contributed by atoms with E-state index in [9.17, 15) is 0 Å². The molecule has 0 radical (unpaired) electrons. The summed E-state index contributed by atoms with van der Waals surface area (Å²) in [5.74, 6) is 0.592. The second kappa shape index (κ2) is 9.97. The summed E-state index contributed by atoms with van der Waals surface area (Å²) >= 11 is 6.12. The van der Waals surface area contributed by atoms with Crippen molar-refractivity contribution in [3.63, 3.8) is 0 Å². The van der Waals surface area contributed by atoms with Gasteiger partial charge in [0.2, 0.25) is 5.88 Å². The van der Waals surface area contributed by atoms with E-state index in [0.29, 0.717) is 36.7 Å². The average Bonchev–Trinajstić information content (AvgIpc) is 2.42. The first-order chi connectivity index (χ1) is 9.63. The zero-order valence-electron chi connectivity index (χ0n) is 12.6. The van der Waals surface area contributed by atoms with Crippen molar-refractivity contribution in [1.29, 1.82) is 0 Å². The molecule has 0 amide bonds. The largest absolute Gasteiger partial charge is 0.475 e. The van der Waals surface area contributed by atoms with Crippen LogP contribution in [0.4, 0.5) is 0 Å². The van der Waals surface area contributed by atoms with Gasteiger partial charge in [-0.2, -0.15) is 0 Å². The summed E-state index contributed by atoms with van der Waals surface area (Å²) in [6.45, 7) is 8.84. The molecule has 0 unspecified atom stereocenters. The molecule has 0 aliphatic rings. The van der Waals surface area contributed by atoms with E-state index in [4.69, 9.17) is 21.1 Å². The Balaban J connectivity index is 2.36.